The molecule has 0 fully saturated rings. The Bertz CT molecular complexity index is 848. The Kier molecular flexibility index (Phi) is 6.44. The summed E-state index contributed by atoms with van der Waals surface area (Å²) in [5.41, 5.74) is 4.00. The first-order valence-corrected chi connectivity index (χ1v) is 7.60. The van der Waals surface area contributed by atoms with Gasteiger partial charge >= 0.3 is 17.8 Å². The van der Waals surface area contributed by atoms with Gasteiger partial charge in [0.15, 0.2) is 6.61 Å². The topological polar surface area (TPSA) is 117 Å². The van der Waals surface area contributed by atoms with Crippen molar-refractivity contribution in [3.8, 4) is 5.75 Å². The quantitative estimate of drug-likeness (QED) is 0.413. The van der Waals surface area contributed by atoms with Crippen molar-refractivity contribution in [2.45, 2.75) is 6.92 Å². The molecule has 0 spiro atoms. The normalized spacial score (nSPS) is 10.3. The Balaban J connectivity index is 1.94. The Morgan fingerprint density at radius 1 is 1.12 bits per heavy atom. The van der Waals surface area contributed by atoms with Gasteiger partial charge in [-0.15, -0.1) is 0 Å². The van der Waals surface area contributed by atoms with Crippen molar-refractivity contribution in [2.24, 2.45) is 5.10 Å². The van der Waals surface area contributed by atoms with Crippen LogP contribution in [0.1, 0.15) is 11.1 Å². The number of carboxylic acids is 1. The van der Waals surface area contributed by atoms with Crippen LogP contribution in [0, 0.1) is 6.92 Å². The number of carbonyl (C=O) groups excluding carboxylic acids is 2. The average Bonchev–Trinajstić information content (AvgIpc) is 2.60. The molecule has 134 valence electrons. The van der Waals surface area contributed by atoms with E-state index >= 15 is 0 Å². The van der Waals surface area contributed by atoms with E-state index in [0.717, 1.165) is 5.56 Å². The number of nitrogens with zero attached hydrogens (tertiary/aromatic N) is 1. The molecule has 0 heterocycles. The van der Waals surface area contributed by atoms with Crippen molar-refractivity contribution in [3.05, 3.63) is 59.7 Å². The molecule has 8 nitrogen and oxygen atoms in total. The highest BCUT2D eigenvalue weighted by Crippen LogP contribution is 2.15. The number of hydrogen-bond acceptors (Lipinski definition) is 5. The van der Waals surface area contributed by atoms with Gasteiger partial charge in [-0.25, -0.2) is 10.2 Å². The van der Waals surface area contributed by atoms with Crippen LogP contribution in [0.25, 0.3) is 0 Å². The molecule has 0 aromatic heterocycles. The molecule has 3 N–H and O–H groups in total. The fraction of sp³-hybridized carbons (Fsp3) is 0.111. The maximum atomic E-state index is 11.8. The fourth-order valence-corrected chi connectivity index (χ4v) is 1.98. The number of rotatable bonds is 6. The first kappa shape index (κ1) is 18.7. The molecule has 2 aromatic carbocycles. The highest BCUT2D eigenvalue weighted by molar-refractivity contribution is 6.39. The summed E-state index contributed by atoms with van der Waals surface area (Å²) in [6, 6.07) is 13.6. The van der Waals surface area contributed by atoms with Gasteiger partial charge in [-0.05, 0) is 36.8 Å². The molecule has 0 aliphatic carbocycles. The second-order valence-corrected chi connectivity index (χ2v) is 5.24. The van der Waals surface area contributed by atoms with Gasteiger partial charge in [0.05, 0.1) is 6.21 Å². The third kappa shape index (κ3) is 5.75. The second kappa shape index (κ2) is 8.97. The summed E-state index contributed by atoms with van der Waals surface area (Å²) in [4.78, 5) is 34.2. The number of benzene rings is 2. The maximum Gasteiger partial charge on any atom is 0.341 e. The van der Waals surface area contributed by atoms with Gasteiger partial charge in [0.25, 0.3) is 0 Å². The van der Waals surface area contributed by atoms with Gasteiger partial charge in [0.2, 0.25) is 0 Å². The van der Waals surface area contributed by atoms with Crippen molar-refractivity contribution in [2.75, 3.05) is 11.9 Å². The number of aliphatic carboxylic acids is 1. The largest absolute Gasteiger partial charge is 0.481 e. The average molecular weight is 355 g/mol. The molecule has 0 aliphatic rings. The minimum Gasteiger partial charge on any atom is -0.481 e. The summed E-state index contributed by atoms with van der Waals surface area (Å²) in [7, 11) is 0. The Hall–Kier alpha value is -3.68. The van der Waals surface area contributed by atoms with Crippen LogP contribution in [0.4, 0.5) is 5.69 Å². The van der Waals surface area contributed by atoms with E-state index in [9.17, 15) is 14.4 Å². The van der Waals surface area contributed by atoms with Crippen LogP contribution >= 0.6 is 0 Å². The fourth-order valence-electron chi connectivity index (χ4n) is 1.98. The predicted octanol–water partition coefficient (Wildman–Crippen LogP) is 1.55. The number of carbonyl (C=O) groups is 3. The number of aryl methyl sites for hydroxylation is 1. The van der Waals surface area contributed by atoms with Crippen LogP contribution in [0.15, 0.2) is 53.6 Å². The summed E-state index contributed by atoms with van der Waals surface area (Å²) in [6.45, 7) is 1.36. The number of hydrogen-bond donors (Lipinski definition) is 3. The second-order valence-electron chi connectivity index (χ2n) is 5.24. The first-order chi connectivity index (χ1) is 12.5. The van der Waals surface area contributed by atoms with Crippen molar-refractivity contribution in [1.82, 2.24) is 5.43 Å². The summed E-state index contributed by atoms with van der Waals surface area (Å²) >= 11 is 0. The van der Waals surface area contributed by atoms with E-state index in [-0.39, 0.29) is 5.75 Å². The van der Waals surface area contributed by atoms with Crippen molar-refractivity contribution >= 4 is 29.7 Å². The highest BCUT2D eigenvalue weighted by Gasteiger charge is 2.13. The molecule has 0 bridgehead atoms. The number of amides is 2. The zero-order chi connectivity index (χ0) is 18.9. The minimum absolute atomic E-state index is 0.289. The smallest absolute Gasteiger partial charge is 0.341 e. The maximum absolute atomic E-state index is 11.8. The number of carboxylic acid groups (broad SMARTS) is 1. The van der Waals surface area contributed by atoms with Gasteiger partial charge in [-0.1, -0.05) is 24.3 Å². The Morgan fingerprint density at radius 2 is 1.88 bits per heavy atom. The lowest BCUT2D eigenvalue weighted by Gasteiger charge is -2.06. The summed E-state index contributed by atoms with van der Waals surface area (Å²) in [6.07, 6.45) is 1.26. The SMILES string of the molecule is Cc1cccc(NC(=O)C(=O)N/N=C\c2ccccc2OCC(=O)O)c1. The Morgan fingerprint density at radius 3 is 2.62 bits per heavy atom. The molecular formula is C18H17N3O5. The molecule has 8 heteroatoms. The molecule has 2 amide bonds. The first-order valence-electron chi connectivity index (χ1n) is 7.60. The van der Waals surface area contributed by atoms with Crippen LogP contribution < -0.4 is 15.5 Å². The summed E-state index contributed by atoms with van der Waals surface area (Å²) < 4.78 is 5.11. The van der Waals surface area contributed by atoms with Gasteiger partial charge < -0.3 is 15.2 Å². The third-order valence-corrected chi connectivity index (χ3v) is 3.12. The molecule has 0 atom stereocenters. The van der Waals surface area contributed by atoms with E-state index in [0.29, 0.717) is 11.3 Å². The zero-order valence-electron chi connectivity index (χ0n) is 13.9. The van der Waals surface area contributed by atoms with Crippen LogP contribution in [0.2, 0.25) is 0 Å². The van der Waals surface area contributed by atoms with Gasteiger partial charge in [-0.3, -0.25) is 9.59 Å². The highest BCUT2D eigenvalue weighted by atomic mass is 16.5. The number of para-hydroxylation sites is 1. The van der Waals surface area contributed by atoms with Gasteiger partial charge in [0.1, 0.15) is 5.75 Å². The van der Waals surface area contributed by atoms with Crippen LogP contribution in [0.5, 0.6) is 5.75 Å². The molecule has 2 rings (SSSR count). The van der Waals surface area contributed by atoms with E-state index in [2.05, 4.69) is 15.8 Å². The zero-order valence-corrected chi connectivity index (χ0v) is 13.9. The standard InChI is InChI=1S/C18H17N3O5/c1-12-5-4-7-14(9-12)20-17(24)18(25)21-19-10-13-6-2-3-8-15(13)26-11-16(22)23/h2-10H,11H2,1H3,(H,20,24)(H,21,25)(H,22,23)/b19-10-. The van der Waals surface area contributed by atoms with E-state index in [4.69, 9.17) is 9.84 Å². The molecule has 26 heavy (non-hydrogen) atoms. The van der Waals surface area contributed by atoms with Crippen LogP contribution in [-0.4, -0.2) is 35.7 Å². The monoisotopic (exact) mass is 355 g/mol. The van der Waals surface area contributed by atoms with E-state index in [1.165, 1.54) is 6.21 Å². The molecule has 2 aromatic rings. The lowest BCUT2D eigenvalue weighted by atomic mass is 10.2. The number of hydrazone groups is 1. The Labute approximate surface area is 149 Å². The van der Waals surface area contributed by atoms with Crippen molar-refractivity contribution in [3.63, 3.8) is 0 Å². The molecule has 0 radical (unpaired) electrons. The summed E-state index contributed by atoms with van der Waals surface area (Å²) in [5.74, 6) is -2.62. The molecule has 0 saturated heterocycles. The molecule has 0 saturated carbocycles. The number of anilines is 1. The van der Waals surface area contributed by atoms with Crippen molar-refractivity contribution < 1.29 is 24.2 Å². The lowest BCUT2D eigenvalue weighted by Crippen LogP contribution is -2.32. The predicted molar refractivity (Wildman–Crippen MR) is 95.1 cm³/mol. The molecule has 0 aliphatic heterocycles. The summed E-state index contributed by atoms with van der Waals surface area (Å²) in [5, 5.41) is 14.8. The molecule has 0 unspecified atom stereocenters. The van der Waals surface area contributed by atoms with Crippen LogP contribution in [0.3, 0.4) is 0 Å². The minimum atomic E-state index is -1.11. The van der Waals surface area contributed by atoms with E-state index < -0.39 is 24.4 Å². The number of nitrogens with one attached hydrogen (secondary N) is 2. The third-order valence-electron chi connectivity index (χ3n) is 3.12. The van der Waals surface area contributed by atoms with Gasteiger partial charge in [0, 0.05) is 11.3 Å². The van der Waals surface area contributed by atoms with Crippen molar-refractivity contribution in [1.29, 1.82) is 0 Å². The van der Waals surface area contributed by atoms with E-state index in [1.54, 1.807) is 42.5 Å². The molecular weight excluding hydrogens is 338 g/mol. The van der Waals surface area contributed by atoms with Crippen LogP contribution in [-0.2, 0) is 14.4 Å². The lowest BCUT2D eigenvalue weighted by molar-refractivity contribution is -0.139. The number of ether oxygens (including phenoxy) is 1. The van der Waals surface area contributed by atoms with E-state index in [1.807, 2.05) is 13.0 Å². The van der Waals surface area contributed by atoms with Gasteiger partial charge in [-0.2, -0.15) is 5.10 Å².